The van der Waals surface area contributed by atoms with Crippen molar-refractivity contribution in [3.8, 4) is 17.4 Å². The molecule has 0 unspecified atom stereocenters. The number of rotatable bonds is 7. The second-order valence-corrected chi connectivity index (χ2v) is 9.88. The van der Waals surface area contributed by atoms with Crippen molar-refractivity contribution >= 4 is 23.3 Å². The maximum Gasteiger partial charge on any atom is 0.423 e. The zero-order chi connectivity index (χ0) is 28.2. The van der Waals surface area contributed by atoms with Crippen molar-refractivity contribution in [3.05, 3.63) is 60.3 Å². The van der Waals surface area contributed by atoms with Crippen LogP contribution in [-0.4, -0.2) is 54.3 Å². The molecule has 0 saturated carbocycles. The summed E-state index contributed by atoms with van der Waals surface area (Å²) in [5.41, 5.74) is -0.338. The number of benzene rings is 2. The number of ether oxygens (including phenoxy) is 2. The van der Waals surface area contributed by atoms with Gasteiger partial charge in [0.1, 0.15) is 17.1 Å². The number of hydrogen-bond acceptors (Lipinski definition) is 9. The van der Waals surface area contributed by atoms with Gasteiger partial charge in [0, 0.05) is 31.0 Å². The Balaban J connectivity index is 1.48. The maximum atomic E-state index is 13.6. The topological polar surface area (TPSA) is 89.1 Å². The standard InChI is InChI=1S/C27H30F3N5O4/c1-26(2,3)24(36)39-35-14-12-34(13-15-35)18-10-11-21(22(16-18)37-4)32-25-31-17-20(27(28,29)30)23(33-25)38-19-8-6-5-7-9-19/h5-11,16-17H,12-15H2,1-4H3,(H,31,32,33). The molecule has 3 aromatic rings. The first-order chi connectivity index (χ1) is 18.4. The molecule has 4 rings (SSSR count). The summed E-state index contributed by atoms with van der Waals surface area (Å²) in [7, 11) is 1.49. The van der Waals surface area contributed by atoms with E-state index in [4.69, 9.17) is 14.3 Å². The highest BCUT2D eigenvalue weighted by molar-refractivity contribution is 5.75. The number of piperazine rings is 1. The number of methoxy groups -OCH3 is 1. The molecule has 208 valence electrons. The van der Waals surface area contributed by atoms with Gasteiger partial charge in [0.25, 0.3) is 0 Å². The quantitative estimate of drug-likeness (QED) is 0.404. The Morgan fingerprint density at radius 1 is 1.00 bits per heavy atom. The predicted molar refractivity (Wildman–Crippen MR) is 139 cm³/mol. The number of anilines is 3. The molecule has 1 aliphatic rings. The van der Waals surface area contributed by atoms with Crippen molar-refractivity contribution in [2.24, 2.45) is 5.41 Å². The van der Waals surface area contributed by atoms with Gasteiger partial charge in [-0.15, -0.1) is 5.06 Å². The van der Waals surface area contributed by atoms with E-state index in [9.17, 15) is 18.0 Å². The summed E-state index contributed by atoms with van der Waals surface area (Å²) < 4.78 is 51.6. The number of carbonyl (C=O) groups is 1. The number of hydrogen-bond donors (Lipinski definition) is 1. The highest BCUT2D eigenvalue weighted by Gasteiger charge is 2.36. The number of alkyl halides is 3. The van der Waals surface area contributed by atoms with Gasteiger partial charge in [-0.1, -0.05) is 18.2 Å². The molecular formula is C27H30F3N5O4. The van der Waals surface area contributed by atoms with Gasteiger partial charge in [0.15, 0.2) is 0 Å². The molecule has 1 saturated heterocycles. The lowest BCUT2D eigenvalue weighted by Gasteiger charge is -2.36. The van der Waals surface area contributed by atoms with E-state index in [0.717, 1.165) is 5.69 Å². The monoisotopic (exact) mass is 545 g/mol. The number of hydroxylamine groups is 2. The van der Waals surface area contributed by atoms with Crippen LogP contribution in [0, 0.1) is 5.41 Å². The summed E-state index contributed by atoms with van der Waals surface area (Å²) in [5.74, 6) is -0.331. The predicted octanol–water partition coefficient (Wildman–Crippen LogP) is 5.67. The van der Waals surface area contributed by atoms with E-state index in [2.05, 4.69) is 20.2 Å². The normalized spacial score (nSPS) is 14.6. The van der Waals surface area contributed by atoms with Gasteiger partial charge in [-0.2, -0.15) is 18.2 Å². The highest BCUT2D eigenvalue weighted by atomic mass is 19.4. The van der Waals surface area contributed by atoms with Crippen LogP contribution in [0.1, 0.15) is 26.3 Å². The molecule has 0 radical (unpaired) electrons. The van der Waals surface area contributed by atoms with E-state index in [0.29, 0.717) is 43.8 Å². The minimum atomic E-state index is -4.70. The van der Waals surface area contributed by atoms with Crippen molar-refractivity contribution in [3.63, 3.8) is 0 Å². The van der Waals surface area contributed by atoms with Gasteiger partial charge >= 0.3 is 12.1 Å². The number of para-hydroxylation sites is 1. The summed E-state index contributed by atoms with van der Waals surface area (Å²) in [6, 6.07) is 13.5. The number of aromatic nitrogens is 2. The zero-order valence-electron chi connectivity index (χ0n) is 22.1. The molecule has 1 N–H and O–H groups in total. The Labute approximate surface area is 224 Å². The fourth-order valence-electron chi connectivity index (χ4n) is 3.69. The van der Waals surface area contributed by atoms with E-state index < -0.39 is 23.0 Å². The fraction of sp³-hybridized carbons (Fsp3) is 0.370. The molecule has 1 aliphatic heterocycles. The summed E-state index contributed by atoms with van der Waals surface area (Å²) in [5, 5.41) is 4.58. The van der Waals surface area contributed by atoms with Crippen LogP contribution in [0.2, 0.25) is 0 Å². The van der Waals surface area contributed by atoms with Crippen LogP contribution >= 0.6 is 0 Å². The molecule has 0 spiro atoms. The lowest BCUT2D eigenvalue weighted by molar-refractivity contribution is -0.201. The minimum Gasteiger partial charge on any atom is -0.494 e. The Morgan fingerprint density at radius 3 is 2.31 bits per heavy atom. The van der Waals surface area contributed by atoms with Gasteiger partial charge in [-0.25, -0.2) is 9.78 Å². The average Bonchev–Trinajstić information content (AvgIpc) is 2.89. The van der Waals surface area contributed by atoms with Crippen LogP contribution in [0.3, 0.4) is 0 Å². The van der Waals surface area contributed by atoms with E-state index in [1.165, 1.54) is 19.2 Å². The summed E-state index contributed by atoms with van der Waals surface area (Å²) >= 11 is 0. The SMILES string of the molecule is COc1cc(N2CCN(OC(=O)C(C)(C)C)CC2)ccc1Nc1ncc(C(F)(F)F)c(Oc2ccccc2)n1. The van der Waals surface area contributed by atoms with Gasteiger partial charge in [0.05, 0.1) is 31.3 Å². The molecule has 0 atom stereocenters. The largest absolute Gasteiger partial charge is 0.494 e. The van der Waals surface area contributed by atoms with E-state index >= 15 is 0 Å². The van der Waals surface area contributed by atoms with Gasteiger partial charge in [0.2, 0.25) is 11.8 Å². The lowest BCUT2D eigenvalue weighted by atomic mass is 9.98. The van der Waals surface area contributed by atoms with E-state index in [-0.39, 0.29) is 17.7 Å². The zero-order valence-corrected chi connectivity index (χ0v) is 22.1. The molecule has 0 amide bonds. The third kappa shape index (κ3) is 7.08. The highest BCUT2D eigenvalue weighted by Crippen LogP contribution is 2.38. The first kappa shape index (κ1) is 28.0. The smallest absolute Gasteiger partial charge is 0.423 e. The summed E-state index contributed by atoms with van der Waals surface area (Å²) in [6.07, 6.45) is -4.02. The van der Waals surface area contributed by atoms with Crippen molar-refractivity contribution in [1.82, 2.24) is 15.0 Å². The first-order valence-corrected chi connectivity index (χ1v) is 12.3. The molecule has 2 heterocycles. The third-order valence-electron chi connectivity index (χ3n) is 5.88. The molecule has 1 aromatic heterocycles. The van der Waals surface area contributed by atoms with Crippen LogP contribution in [0.5, 0.6) is 17.4 Å². The minimum absolute atomic E-state index is 0.0886. The Bertz CT molecular complexity index is 1290. The second kappa shape index (κ2) is 11.4. The third-order valence-corrected chi connectivity index (χ3v) is 5.88. The van der Waals surface area contributed by atoms with Crippen LogP contribution < -0.4 is 19.7 Å². The molecule has 39 heavy (non-hydrogen) atoms. The first-order valence-electron chi connectivity index (χ1n) is 12.3. The van der Waals surface area contributed by atoms with Gasteiger partial charge in [-0.3, -0.25) is 0 Å². The van der Waals surface area contributed by atoms with Crippen LogP contribution in [0.4, 0.5) is 30.5 Å². The molecule has 12 heteroatoms. The Morgan fingerprint density at radius 2 is 1.69 bits per heavy atom. The fourth-order valence-corrected chi connectivity index (χ4v) is 3.69. The van der Waals surface area contributed by atoms with Crippen molar-refractivity contribution < 1.29 is 32.3 Å². The van der Waals surface area contributed by atoms with Crippen molar-refractivity contribution in [2.75, 3.05) is 43.5 Å². The van der Waals surface area contributed by atoms with E-state index in [1.54, 1.807) is 50.1 Å². The van der Waals surface area contributed by atoms with Crippen molar-refractivity contribution in [2.45, 2.75) is 26.9 Å². The van der Waals surface area contributed by atoms with Gasteiger partial charge < -0.3 is 24.5 Å². The summed E-state index contributed by atoms with van der Waals surface area (Å²) in [6.45, 7) is 7.73. The average molecular weight is 546 g/mol. The van der Waals surface area contributed by atoms with Crippen molar-refractivity contribution in [1.29, 1.82) is 0 Å². The molecular weight excluding hydrogens is 515 g/mol. The Hall–Kier alpha value is -4.06. The number of nitrogens with one attached hydrogen (secondary N) is 1. The number of halogens is 3. The molecule has 0 aliphatic carbocycles. The lowest BCUT2D eigenvalue weighted by Crippen LogP contribution is -2.48. The maximum absolute atomic E-state index is 13.6. The Kier molecular flexibility index (Phi) is 8.14. The van der Waals surface area contributed by atoms with E-state index in [1.807, 2.05) is 12.1 Å². The van der Waals surface area contributed by atoms with Crippen LogP contribution in [-0.2, 0) is 15.8 Å². The van der Waals surface area contributed by atoms with Crippen LogP contribution in [0.15, 0.2) is 54.7 Å². The molecule has 0 bridgehead atoms. The van der Waals surface area contributed by atoms with Gasteiger partial charge in [-0.05, 0) is 45.0 Å². The molecule has 9 nitrogen and oxygen atoms in total. The van der Waals surface area contributed by atoms with Crippen LogP contribution in [0.25, 0.3) is 0 Å². The second-order valence-electron chi connectivity index (χ2n) is 9.88. The number of carbonyl (C=O) groups excluding carboxylic acids is 1. The molecule has 1 fully saturated rings. The summed E-state index contributed by atoms with van der Waals surface area (Å²) in [4.78, 5) is 27.6. The molecule has 2 aromatic carbocycles. The number of nitrogens with zero attached hydrogens (tertiary/aromatic N) is 4.